The molecule has 6 heteroatoms. The number of primary amides is 1. The van der Waals surface area contributed by atoms with E-state index in [1.54, 1.807) is 10.8 Å². The molecule has 82 valence electrons. The maximum atomic E-state index is 10.8. The van der Waals surface area contributed by atoms with Crippen LogP contribution < -0.4 is 5.73 Å². The lowest BCUT2D eigenvalue weighted by Crippen LogP contribution is -2.14. The SMILES string of the molecule is NC(=O)c1cn([C@H]2CC[C@@H](CO)O2)cn1. The number of nitrogens with two attached hydrogens (primary N) is 1. The Morgan fingerprint density at radius 2 is 2.53 bits per heavy atom. The van der Waals surface area contributed by atoms with Crippen LogP contribution in [-0.2, 0) is 4.74 Å². The van der Waals surface area contributed by atoms with Crippen molar-refractivity contribution >= 4 is 5.91 Å². The molecule has 0 aromatic carbocycles. The van der Waals surface area contributed by atoms with E-state index in [1.165, 1.54) is 6.33 Å². The second-order valence-corrected chi connectivity index (χ2v) is 3.54. The molecule has 3 N–H and O–H groups in total. The first kappa shape index (κ1) is 10.1. The zero-order valence-electron chi connectivity index (χ0n) is 8.17. The highest BCUT2D eigenvalue weighted by Crippen LogP contribution is 2.27. The summed E-state index contributed by atoms with van der Waals surface area (Å²) in [6, 6.07) is 0. The molecule has 0 radical (unpaired) electrons. The van der Waals surface area contributed by atoms with Gasteiger partial charge in [-0.1, -0.05) is 0 Å². The fourth-order valence-electron chi connectivity index (χ4n) is 1.66. The van der Waals surface area contributed by atoms with Crippen LogP contribution >= 0.6 is 0 Å². The number of aliphatic hydroxyl groups excluding tert-OH is 1. The zero-order chi connectivity index (χ0) is 10.8. The fraction of sp³-hybridized carbons (Fsp3) is 0.556. The predicted molar refractivity (Wildman–Crippen MR) is 51.0 cm³/mol. The van der Waals surface area contributed by atoms with Crippen molar-refractivity contribution in [3.63, 3.8) is 0 Å². The number of ether oxygens (including phenoxy) is 1. The Labute approximate surface area is 86.7 Å². The monoisotopic (exact) mass is 211 g/mol. The summed E-state index contributed by atoms with van der Waals surface area (Å²) in [5.74, 6) is -0.551. The van der Waals surface area contributed by atoms with Gasteiger partial charge in [-0.3, -0.25) is 4.79 Å². The van der Waals surface area contributed by atoms with Gasteiger partial charge in [-0.15, -0.1) is 0 Å². The number of carbonyl (C=O) groups is 1. The molecule has 15 heavy (non-hydrogen) atoms. The number of aromatic nitrogens is 2. The molecule has 2 heterocycles. The number of imidazole rings is 1. The largest absolute Gasteiger partial charge is 0.394 e. The first-order chi connectivity index (χ1) is 7.20. The maximum absolute atomic E-state index is 10.8. The summed E-state index contributed by atoms with van der Waals surface area (Å²) in [4.78, 5) is 14.7. The third kappa shape index (κ3) is 2.00. The van der Waals surface area contributed by atoms with E-state index in [-0.39, 0.29) is 24.6 Å². The number of hydrogen-bond donors (Lipinski definition) is 2. The van der Waals surface area contributed by atoms with Gasteiger partial charge in [-0.05, 0) is 12.8 Å². The van der Waals surface area contributed by atoms with Crippen LogP contribution in [0.25, 0.3) is 0 Å². The molecule has 2 rings (SSSR count). The Morgan fingerprint density at radius 1 is 1.73 bits per heavy atom. The van der Waals surface area contributed by atoms with Crippen LogP contribution in [0.5, 0.6) is 0 Å². The van der Waals surface area contributed by atoms with E-state index >= 15 is 0 Å². The highest BCUT2D eigenvalue weighted by Gasteiger charge is 2.26. The smallest absolute Gasteiger partial charge is 0.268 e. The van der Waals surface area contributed by atoms with Crippen molar-refractivity contribution in [3.05, 3.63) is 18.2 Å². The van der Waals surface area contributed by atoms with Crippen LogP contribution in [0.3, 0.4) is 0 Å². The van der Waals surface area contributed by atoms with Crippen molar-refractivity contribution in [1.82, 2.24) is 9.55 Å². The number of aliphatic hydroxyl groups is 1. The Kier molecular flexibility index (Phi) is 2.70. The van der Waals surface area contributed by atoms with E-state index in [2.05, 4.69) is 4.98 Å². The van der Waals surface area contributed by atoms with Gasteiger partial charge < -0.3 is 20.1 Å². The minimum Gasteiger partial charge on any atom is -0.394 e. The van der Waals surface area contributed by atoms with E-state index < -0.39 is 5.91 Å². The number of carbonyl (C=O) groups excluding carboxylic acids is 1. The second kappa shape index (κ2) is 4.00. The Hall–Kier alpha value is -1.40. The van der Waals surface area contributed by atoms with Crippen molar-refractivity contribution in [2.24, 2.45) is 5.73 Å². The average Bonchev–Trinajstić information content (AvgIpc) is 2.86. The summed E-state index contributed by atoms with van der Waals surface area (Å²) >= 11 is 0. The predicted octanol–water partition coefficient (Wildman–Crippen LogP) is -0.348. The summed E-state index contributed by atoms with van der Waals surface area (Å²) in [6.45, 7) is 0.0217. The van der Waals surface area contributed by atoms with Crippen molar-refractivity contribution in [3.8, 4) is 0 Å². The molecule has 0 aliphatic carbocycles. The van der Waals surface area contributed by atoms with Gasteiger partial charge in [0.1, 0.15) is 11.9 Å². The lowest BCUT2D eigenvalue weighted by molar-refractivity contribution is -0.0224. The van der Waals surface area contributed by atoms with Gasteiger partial charge in [-0.2, -0.15) is 0 Å². The molecule has 0 saturated carbocycles. The zero-order valence-corrected chi connectivity index (χ0v) is 8.17. The van der Waals surface area contributed by atoms with Gasteiger partial charge in [0.15, 0.2) is 0 Å². The molecular weight excluding hydrogens is 198 g/mol. The van der Waals surface area contributed by atoms with E-state index in [1.807, 2.05) is 0 Å². The molecule has 1 aromatic rings. The topological polar surface area (TPSA) is 90.4 Å². The molecule has 1 aliphatic heterocycles. The lowest BCUT2D eigenvalue weighted by atomic mass is 10.2. The van der Waals surface area contributed by atoms with E-state index in [0.29, 0.717) is 0 Å². The van der Waals surface area contributed by atoms with Crippen LogP contribution in [0.4, 0.5) is 0 Å². The Morgan fingerprint density at radius 3 is 3.07 bits per heavy atom. The third-order valence-electron chi connectivity index (χ3n) is 2.48. The summed E-state index contributed by atoms with van der Waals surface area (Å²) in [7, 11) is 0. The first-order valence-corrected chi connectivity index (χ1v) is 4.80. The van der Waals surface area contributed by atoms with Crippen LogP contribution in [0, 0.1) is 0 Å². The van der Waals surface area contributed by atoms with Crippen molar-refractivity contribution in [1.29, 1.82) is 0 Å². The van der Waals surface area contributed by atoms with Gasteiger partial charge >= 0.3 is 0 Å². The standard InChI is InChI=1S/C9H13N3O3/c10-9(14)7-3-12(5-11-7)8-2-1-6(4-13)15-8/h3,5-6,8,13H,1-2,4H2,(H2,10,14)/t6-,8+/m0/s1. The Balaban J connectivity index is 2.07. The van der Waals surface area contributed by atoms with Crippen molar-refractivity contribution in [2.75, 3.05) is 6.61 Å². The van der Waals surface area contributed by atoms with E-state index in [0.717, 1.165) is 12.8 Å². The number of hydrogen-bond acceptors (Lipinski definition) is 4. The van der Waals surface area contributed by atoms with Crippen LogP contribution in [0.2, 0.25) is 0 Å². The third-order valence-corrected chi connectivity index (χ3v) is 2.48. The van der Waals surface area contributed by atoms with Gasteiger partial charge in [0, 0.05) is 6.20 Å². The van der Waals surface area contributed by atoms with Crippen molar-refractivity contribution < 1.29 is 14.6 Å². The quantitative estimate of drug-likeness (QED) is 0.715. The molecule has 1 fully saturated rings. The maximum Gasteiger partial charge on any atom is 0.268 e. The van der Waals surface area contributed by atoms with Crippen molar-refractivity contribution in [2.45, 2.75) is 25.2 Å². The molecule has 1 aromatic heterocycles. The first-order valence-electron chi connectivity index (χ1n) is 4.80. The molecule has 2 atom stereocenters. The van der Waals surface area contributed by atoms with Gasteiger partial charge in [-0.25, -0.2) is 4.98 Å². The summed E-state index contributed by atoms with van der Waals surface area (Å²) < 4.78 is 7.21. The molecule has 0 spiro atoms. The average molecular weight is 211 g/mol. The highest BCUT2D eigenvalue weighted by atomic mass is 16.5. The molecule has 6 nitrogen and oxygen atoms in total. The minimum absolute atomic E-state index is 0.0217. The molecule has 0 bridgehead atoms. The van der Waals surface area contributed by atoms with Gasteiger partial charge in [0.25, 0.3) is 5.91 Å². The highest BCUT2D eigenvalue weighted by molar-refractivity contribution is 5.90. The van der Waals surface area contributed by atoms with Gasteiger partial charge in [0.2, 0.25) is 0 Å². The summed E-state index contributed by atoms with van der Waals surface area (Å²) in [5, 5.41) is 8.90. The Bertz CT molecular complexity index is 363. The summed E-state index contributed by atoms with van der Waals surface area (Å²) in [5.41, 5.74) is 5.31. The molecule has 0 unspecified atom stereocenters. The molecular formula is C9H13N3O3. The van der Waals surface area contributed by atoms with E-state index in [9.17, 15) is 4.79 Å². The molecule has 1 saturated heterocycles. The number of nitrogens with zero attached hydrogens (tertiary/aromatic N) is 2. The fourth-order valence-corrected chi connectivity index (χ4v) is 1.66. The van der Waals surface area contributed by atoms with E-state index in [4.69, 9.17) is 15.6 Å². The normalized spacial score (nSPS) is 25.7. The molecule has 1 aliphatic rings. The summed E-state index contributed by atoms with van der Waals surface area (Å²) in [6.07, 6.45) is 4.43. The second-order valence-electron chi connectivity index (χ2n) is 3.54. The van der Waals surface area contributed by atoms with Crippen LogP contribution in [0.1, 0.15) is 29.6 Å². The minimum atomic E-state index is -0.551. The van der Waals surface area contributed by atoms with Crippen LogP contribution in [0.15, 0.2) is 12.5 Å². The van der Waals surface area contributed by atoms with Gasteiger partial charge in [0.05, 0.1) is 19.0 Å². The lowest BCUT2D eigenvalue weighted by Gasteiger charge is -2.12. The number of rotatable bonds is 3. The van der Waals surface area contributed by atoms with Crippen LogP contribution in [-0.4, -0.2) is 33.3 Å². The molecule has 1 amide bonds. The number of amides is 1.